The lowest BCUT2D eigenvalue weighted by molar-refractivity contribution is -0.156. The molecule has 2 aromatic carbocycles. The van der Waals surface area contributed by atoms with Crippen LogP contribution >= 0.6 is 0 Å². The summed E-state index contributed by atoms with van der Waals surface area (Å²) < 4.78 is 13.7. The van der Waals surface area contributed by atoms with Gasteiger partial charge in [-0.1, -0.05) is 59.8 Å². The minimum atomic E-state index is -1.24. The van der Waals surface area contributed by atoms with E-state index >= 15 is 0 Å². The van der Waals surface area contributed by atoms with E-state index in [4.69, 9.17) is 9.47 Å². The van der Waals surface area contributed by atoms with Gasteiger partial charge in [-0.2, -0.15) is 0 Å². The third-order valence-electron chi connectivity index (χ3n) is 9.11. The number of benzene rings is 2. The van der Waals surface area contributed by atoms with Crippen LogP contribution in [-0.4, -0.2) is 91.2 Å². The molecule has 0 aliphatic carbocycles. The van der Waals surface area contributed by atoms with Crippen LogP contribution in [0.15, 0.2) is 79.9 Å². The first-order valence-corrected chi connectivity index (χ1v) is 15.0. The maximum absolute atomic E-state index is 14.8. The van der Waals surface area contributed by atoms with Crippen LogP contribution in [0.2, 0.25) is 0 Å². The minimum absolute atomic E-state index is 0.0591. The van der Waals surface area contributed by atoms with E-state index in [1.165, 1.54) is 4.90 Å². The summed E-state index contributed by atoms with van der Waals surface area (Å²) >= 11 is 0. The van der Waals surface area contributed by atoms with Crippen molar-refractivity contribution < 1.29 is 29.0 Å². The second-order valence-electron chi connectivity index (χ2n) is 11.6. The smallest absolute Gasteiger partial charge is 0.312 e. The van der Waals surface area contributed by atoms with Gasteiger partial charge in [-0.05, 0) is 43.4 Å². The fraction of sp³-hybridized carbons (Fsp3) is 0.424. The number of carbonyl (C=O) groups excluding carboxylic acids is 3. The summed E-state index contributed by atoms with van der Waals surface area (Å²) in [4.78, 5) is 45.7. The van der Waals surface area contributed by atoms with Crippen molar-refractivity contribution in [3.05, 3.63) is 85.5 Å². The van der Waals surface area contributed by atoms with Crippen molar-refractivity contribution in [1.29, 1.82) is 0 Å². The number of esters is 1. The highest BCUT2D eigenvalue weighted by molar-refractivity contribution is 5.98. The molecule has 0 saturated carbocycles. The van der Waals surface area contributed by atoms with Gasteiger partial charge in [-0.3, -0.25) is 14.4 Å². The molecule has 3 aromatic rings. The van der Waals surface area contributed by atoms with E-state index in [2.05, 4.69) is 23.5 Å². The van der Waals surface area contributed by atoms with Gasteiger partial charge >= 0.3 is 5.97 Å². The Kier molecular flexibility index (Phi) is 8.33. The summed E-state index contributed by atoms with van der Waals surface area (Å²) in [7, 11) is 0. The summed E-state index contributed by atoms with van der Waals surface area (Å²) in [5.74, 6) is -3.01. The second kappa shape index (κ2) is 12.3. The molecule has 4 heterocycles. The number of likely N-dealkylation sites (tertiary alicyclic amines) is 1. The molecule has 2 amide bonds. The highest BCUT2D eigenvalue weighted by Crippen LogP contribution is 2.59. The van der Waals surface area contributed by atoms with E-state index in [1.54, 1.807) is 21.7 Å². The van der Waals surface area contributed by atoms with Gasteiger partial charge in [0.25, 0.3) is 0 Å². The first-order chi connectivity index (χ1) is 21.4. The van der Waals surface area contributed by atoms with E-state index in [-0.39, 0.29) is 38.2 Å². The number of aromatic nitrogens is 3. The lowest BCUT2D eigenvalue weighted by atomic mass is 9.70. The Morgan fingerprint density at radius 1 is 1.16 bits per heavy atom. The lowest BCUT2D eigenvalue weighted by Gasteiger charge is -2.39. The normalized spacial score (nSPS) is 26.0. The van der Waals surface area contributed by atoms with Crippen molar-refractivity contribution in [2.75, 3.05) is 19.8 Å². The first-order valence-electron chi connectivity index (χ1n) is 15.0. The highest BCUT2D eigenvalue weighted by Gasteiger charge is 2.75. The zero-order valence-electron chi connectivity index (χ0n) is 24.5. The molecule has 6 atom stereocenters. The Balaban J connectivity index is 1.39. The number of nitrogens with zero attached hydrogens (tertiary/aromatic N) is 5. The molecule has 3 saturated heterocycles. The number of hydrogen-bond donors (Lipinski definition) is 1. The quantitative estimate of drug-likeness (QED) is 0.180. The standard InChI is InChI=1S/C33H37N5O6/c1-3-5-18-43-32(42)27-26-15-16-33(44-26)28(27)30(40)38(23(20-39)19-22-11-7-6-8-12-22)29(33)31(41)36(17-4-2)21-37-25-14-10-9-13-24(25)34-35-37/h3-4,6-14,23,26-29,39H,1-2,5,15-21H2/t23-,26-,27+,28+,29?,33?/m1/s1. The van der Waals surface area contributed by atoms with Gasteiger partial charge in [-0.25, -0.2) is 4.68 Å². The average Bonchev–Trinajstić information content (AvgIpc) is 3.79. The molecule has 2 bridgehead atoms. The molecular weight excluding hydrogens is 562 g/mol. The van der Waals surface area contributed by atoms with Crippen molar-refractivity contribution in [2.45, 2.75) is 56.1 Å². The average molecular weight is 600 g/mol. The van der Waals surface area contributed by atoms with E-state index in [1.807, 2.05) is 54.6 Å². The molecule has 44 heavy (non-hydrogen) atoms. The largest absolute Gasteiger partial charge is 0.465 e. The van der Waals surface area contributed by atoms with Crippen molar-refractivity contribution in [3.63, 3.8) is 0 Å². The number of aliphatic hydroxyl groups excluding tert-OH is 1. The molecule has 3 fully saturated rings. The van der Waals surface area contributed by atoms with E-state index < -0.39 is 41.6 Å². The van der Waals surface area contributed by atoms with Crippen LogP contribution in [0.5, 0.6) is 0 Å². The van der Waals surface area contributed by atoms with Gasteiger partial charge < -0.3 is 24.4 Å². The molecule has 230 valence electrons. The molecule has 2 unspecified atom stereocenters. The highest BCUT2D eigenvalue weighted by atomic mass is 16.6. The van der Waals surface area contributed by atoms with E-state index in [0.717, 1.165) is 11.1 Å². The number of rotatable bonds is 13. The molecule has 1 aromatic heterocycles. The summed E-state index contributed by atoms with van der Waals surface area (Å²) in [5.41, 5.74) is 1.10. The van der Waals surface area contributed by atoms with Crippen LogP contribution < -0.4 is 0 Å². The predicted molar refractivity (Wildman–Crippen MR) is 161 cm³/mol. The van der Waals surface area contributed by atoms with Gasteiger partial charge in [0.05, 0.1) is 42.7 Å². The van der Waals surface area contributed by atoms with Gasteiger partial charge in [0.1, 0.15) is 23.8 Å². The Hall–Kier alpha value is -4.35. The lowest BCUT2D eigenvalue weighted by Crippen LogP contribution is -2.59. The van der Waals surface area contributed by atoms with Crippen LogP contribution in [0.25, 0.3) is 11.0 Å². The number of fused-ring (bicyclic) bond motifs is 2. The molecule has 3 aliphatic heterocycles. The van der Waals surface area contributed by atoms with Gasteiger partial charge in [0, 0.05) is 6.54 Å². The van der Waals surface area contributed by atoms with Gasteiger partial charge in [0.2, 0.25) is 11.8 Å². The predicted octanol–water partition coefficient (Wildman–Crippen LogP) is 2.50. The third kappa shape index (κ3) is 4.99. The minimum Gasteiger partial charge on any atom is -0.465 e. The zero-order valence-corrected chi connectivity index (χ0v) is 24.5. The molecular formula is C33H37N5O6. The van der Waals surface area contributed by atoms with E-state index in [0.29, 0.717) is 31.2 Å². The third-order valence-corrected chi connectivity index (χ3v) is 9.11. The van der Waals surface area contributed by atoms with Crippen LogP contribution in [0.1, 0.15) is 24.8 Å². The number of ether oxygens (including phenoxy) is 2. The maximum Gasteiger partial charge on any atom is 0.312 e. The Bertz CT molecular complexity index is 1560. The maximum atomic E-state index is 14.8. The van der Waals surface area contributed by atoms with Crippen LogP contribution in [0, 0.1) is 11.8 Å². The fourth-order valence-corrected chi connectivity index (χ4v) is 7.24. The molecule has 11 nitrogen and oxygen atoms in total. The van der Waals surface area contributed by atoms with Crippen LogP contribution in [0.3, 0.4) is 0 Å². The second-order valence-corrected chi connectivity index (χ2v) is 11.6. The summed E-state index contributed by atoms with van der Waals surface area (Å²) in [5, 5.41) is 19.2. The Labute approximate surface area is 255 Å². The zero-order chi connectivity index (χ0) is 30.8. The molecule has 11 heteroatoms. The molecule has 1 spiro atoms. The number of carbonyl (C=O) groups is 3. The van der Waals surface area contributed by atoms with Gasteiger partial charge in [0.15, 0.2) is 0 Å². The summed E-state index contributed by atoms with van der Waals surface area (Å²) in [6, 6.07) is 15.2. The van der Waals surface area contributed by atoms with Crippen molar-refractivity contribution in [2.24, 2.45) is 11.8 Å². The van der Waals surface area contributed by atoms with Crippen LogP contribution in [-0.2, 0) is 36.9 Å². The summed E-state index contributed by atoms with van der Waals surface area (Å²) in [6.45, 7) is 7.55. The number of para-hydroxylation sites is 1. The Morgan fingerprint density at radius 3 is 2.68 bits per heavy atom. The molecule has 0 radical (unpaired) electrons. The van der Waals surface area contributed by atoms with Gasteiger partial charge in [-0.15, -0.1) is 18.3 Å². The van der Waals surface area contributed by atoms with Crippen molar-refractivity contribution in [1.82, 2.24) is 24.8 Å². The number of amides is 2. The van der Waals surface area contributed by atoms with Crippen molar-refractivity contribution in [3.8, 4) is 0 Å². The fourth-order valence-electron chi connectivity index (χ4n) is 7.24. The van der Waals surface area contributed by atoms with E-state index in [9.17, 15) is 19.5 Å². The van der Waals surface area contributed by atoms with Crippen LogP contribution in [0.4, 0.5) is 0 Å². The monoisotopic (exact) mass is 599 g/mol. The topological polar surface area (TPSA) is 127 Å². The van der Waals surface area contributed by atoms with Crippen molar-refractivity contribution >= 4 is 28.8 Å². The summed E-state index contributed by atoms with van der Waals surface area (Å²) in [6.07, 6.45) is 4.49. The first kappa shape index (κ1) is 29.7. The number of aliphatic hydroxyl groups is 1. The number of hydrogen-bond acceptors (Lipinski definition) is 8. The SMILES string of the molecule is C=CCCOC(=O)[C@@H]1[C@H]2C(=O)N([C@@H](CO)Cc3ccccc3)C(C(=O)N(CC=C)Cn3nnc4ccccc43)C23CC[C@H]1O3. The molecule has 1 N–H and O–H groups in total. The molecule has 6 rings (SSSR count). The molecule has 3 aliphatic rings. The Morgan fingerprint density at radius 2 is 1.93 bits per heavy atom.